The minimum absolute atomic E-state index is 0.259. The second-order valence-corrected chi connectivity index (χ2v) is 4.57. The molecular weight excluding hydrogens is 242 g/mol. The van der Waals surface area contributed by atoms with Gasteiger partial charge < -0.3 is 5.11 Å². The zero-order valence-corrected chi connectivity index (χ0v) is 10.9. The lowest BCUT2D eigenvalue weighted by atomic mass is 10.1. The number of carboxylic acid groups (broad SMARTS) is 1. The molecule has 0 saturated carbocycles. The van der Waals surface area contributed by atoms with E-state index in [1.165, 1.54) is 4.57 Å². The van der Waals surface area contributed by atoms with Gasteiger partial charge in [-0.25, -0.2) is 0 Å². The second kappa shape index (κ2) is 5.10. The standard InChI is InChI=1S/C15H15NO3/c1-10-5-6-13(11(2)8-10)16-7-3-4-12(15(16)19)9-14(17)18/h3-8H,9H2,1-2H3,(H,17,18). The highest BCUT2D eigenvalue weighted by molar-refractivity contribution is 5.70. The highest BCUT2D eigenvalue weighted by atomic mass is 16.4. The summed E-state index contributed by atoms with van der Waals surface area (Å²) in [7, 11) is 0. The van der Waals surface area contributed by atoms with Crippen LogP contribution in [0.15, 0.2) is 41.3 Å². The van der Waals surface area contributed by atoms with Gasteiger partial charge in [0.25, 0.3) is 5.56 Å². The summed E-state index contributed by atoms with van der Waals surface area (Å²) in [4.78, 5) is 23.0. The third-order valence-electron chi connectivity index (χ3n) is 2.98. The smallest absolute Gasteiger partial charge is 0.308 e. The van der Waals surface area contributed by atoms with Crippen molar-refractivity contribution in [3.05, 3.63) is 63.6 Å². The SMILES string of the molecule is Cc1ccc(-n2cccc(CC(=O)O)c2=O)c(C)c1. The lowest BCUT2D eigenvalue weighted by molar-refractivity contribution is -0.136. The Bertz CT molecular complexity index is 686. The van der Waals surface area contributed by atoms with E-state index in [0.29, 0.717) is 0 Å². The van der Waals surface area contributed by atoms with Gasteiger partial charge >= 0.3 is 5.97 Å². The van der Waals surface area contributed by atoms with E-state index in [0.717, 1.165) is 16.8 Å². The monoisotopic (exact) mass is 257 g/mol. The number of carbonyl (C=O) groups is 1. The molecule has 0 atom stereocenters. The molecule has 1 aromatic carbocycles. The van der Waals surface area contributed by atoms with Crippen LogP contribution in [-0.2, 0) is 11.2 Å². The largest absolute Gasteiger partial charge is 0.481 e. The average molecular weight is 257 g/mol. The molecule has 0 unspecified atom stereocenters. The normalized spacial score (nSPS) is 10.4. The Labute approximate surface area is 110 Å². The molecule has 0 aliphatic carbocycles. The van der Waals surface area contributed by atoms with Gasteiger partial charge in [0.05, 0.1) is 12.1 Å². The van der Waals surface area contributed by atoms with Gasteiger partial charge in [-0.1, -0.05) is 23.8 Å². The van der Waals surface area contributed by atoms with Crippen LogP contribution < -0.4 is 5.56 Å². The van der Waals surface area contributed by atoms with E-state index in [-0.39, 0.29) is 17.5 Å². The van der Waals surface area contributed by atoms with Crippen molar-refractivity contribution >= 4 is 5.97 Å². The van der Waals surface area contributed by atoms with Crippen molar-refractivity contribution in [2.24, 2.45) is 0 Å². The van der Waals surface area contributed by atoms with Gasteiger partial charge in [0.15, 0.2) is 0 Å². The molecule has 0 saturated heterocycles. The average Bonchev–Trinajstić information content (AvgIpc) is 2.32. The molecule has 1 heterocycles. The van der Waals surface area contributed by atoms with Gasteiger partial charge in [-0.05, 0) is 31.5 Å². The summed E-state index contributed by atoms with van der Waals surface area (Å²) in [5.74, 6) is -1.00. The van der Waals surface area contributed by atoms with E-state index >= 15 is 0 Å². The maximum absolute atomic E-state index is 12.2. The van der Waals surface area contributed by atoms with Crippen molar-refractivity contribution in [3.63, 3.8) is 0 Å². The fraction of sp³-hybridized carbons (Fsp3) is 0.200. The summed E-state index contributed by atoms with van der Waals surface area (Å²) in [6.07, 6.45) is 1.40. The maximum atomic E-state index is 12.2. The van der Waals surface area contributed by atoms with E-state index in [1.807, 2.05) is 32.0 Å². The summed E-state index contributed by atoms with van der Waals surface area (Å²) < 4.78 is 1.49. The fourth-order valence-corrected chi connectivity index (χ4v) is 2.10. The van der Waals surface area contributed by atoms with Gasteiger partial charge in [0.2, 0.25) is 0 Å². The molecule has 0 aliphatic rings. The highest BCUT2D eigenvalue weighted by Crippen LogP contribution is 2.14. The quantitative estimate of drug-likeness (QED) is 0.915. The minimum Gasteiger partial charge on any atom is -0.481 e. The van der Waals surface area contributed by atoms with Gasteiger partial charge in [-0.15, -0.1) is 0 Å². The number of hydrogen-bond donors (Lipinski definition) is 1. The fourth-order valence-electron chi connectivity index (χ4n) is 2.10. The third kappa shape index (κ3) is 2.73. The van der Waals surface area contributed by atoms with Crippen molar-refractivity contribution in [1.82, 2.24) is 4.57 Å². The predicted octanol–water partition coefficient (Wildman–Crippen LogP) is 2.08. The molecule has 1 aromatic heterocycles. The molecule has 0 aliphatic heterocycles. The summed E-state index contributed by atoms with van der Waals surface area (Å²) in [6, 6.07) is 9.04. The Kier molecular flexibility index (Phi) is 3.51. The van der Waals surface area contributed by atoms with E-state index < -0.39 is 5.97 Å². The number of benzene rings is 1. The van der Waals surface area contributed by atoms with Crippen molar-refractivity contribution in [2.45, 2.75) is 20.3 Å². The van der Waals surface area contributed by atoms with E-state index in [2.05, 4.69) is 0 Å². The molecular formula is C15H15NO3. The molecule has 4 nitrogen and oxygen atoms in total. The molecule has 98 valence electrons. The Morgan fingerprint density at radius 1 is 1.26 bits per heavy atom. The Balaban J connectivity index is 2.57. The van der Waals surface area contributed by atoms with E-state index in [9.17, 15) is 9.59 Å². The first kappa shape index (κ1) is 13.1. The van der Waals surface area contributed by atoms with Crippen molar-refractivity contribution in [3.8, 4) is 5.69 Å². The van der Waals surface area contributed by atoms with Crippen LogP contribution >= 0.6 is 0 Å². The van der Waals surface area contributed by atoms with Crippen molar-refractivity contribution in [2.75, 3.05) is 0 Å². The predicted molar refractivity (Wildman–Crippen MR) is 72.9 cm³/mol. The van der Waals surface area contributed by atoms with Crippen LogP contribution in [-0.4, -0.2) is 15.6 Å². The third-order valence-corrected chi connectivity index (χ3v) is 2.98. The molecule has 4 heteroatoms. The molecule has 2 rings (SSSR count). The molecule has 0 radical (unpaired) electrons. The Hall–Kier alpha value is -2.36. The Morgan fingerprint density at radius 2 is 2.00 bits per heavy atom. The number of aliphatic carboxylic acids is 1. The highest BCUT2D eigenvalue weighted by Gasteiger charge is 2.09. The van der Waals surface area contributed by atoms with Gasteiger partial charge in [-0.3, -0.25) is 14.2 Å². The molecule has 0 fully saturated rings. The van der Waals surface area contributed by atoms with Crippen LogP contribution in [0.1, 0.15) is 16.7 Å². The first-order valence-electron chi connectivity index (χ1n) is 5.99. The molecule has 0 amide bonds. The van der Waals surface area contributed by atoms with Gasteiger partial charge in [0, 0.05) is 11.8 Å². The van der Waals surface area contributed by atoms with Crippen molar-refractivity contribution < 1.29 is 9.90 Å². The van der Waals surface area contributed by atoms with E-state index in [1.54, 1.807) is 18.3 Å². The first-order valence-corrected chi connectivity index (χ1v) is 5.99. The van der Waals surface area contributed by atoms with Crippen LogP contribution in [0.3, 0.4) is 0 Å². The Morgan fingerprint density at radius 3 is 2.63 bits per heavy atom. The van der Waals surface area contributed by atoms with Crippen LogP contribution in [0.2, 0.25) is 0 Å². The maximum Gasteiger partial charge on any atom is 0.308 e. The zero-order chi connectivity index (χ0) is 14.0. The van der Waals surface area contributed by atoms with Gasteiger partial charge in [-0.2, -0.15) is 0 Å². The van der Waals surface area contributed by atoms with Gasteiger partial charge in [0.1, 0.15) is 0 Å². The minimum atomic E-state index is -1.00. The summed E-state index contributed by atoms with van der Waals surface area (Å²) >= 11 is 0. The number of carboxylic acids is 1. The summed E-state index contributed by atoms with van der Waals surface area (Å²) in [5, 5.41) is 8.80. The number of hydrogen-bond acceptors (Lipinski definition) is 2. The summed E-state index contributed by atoms with van der Waals surface area (Å²) in [6.45, 7) is 3.92. The zero-order valence-electron chi connectivity index (χ0n) is 10.9. The summed E-state index contributed by atoms with van der Waals surface area (Å²) in [5.41, 5.74) is 2.89. The molecule has 19 heavy (non-hydrogen) atoms. The van der Waals surface area contributed by atoms with Crippen LogP contribution in [0, 0.1) is 13.8 Å². The molecule has 1 N–H and O–H groups in total. The number of nitrogens with zero attached hydrogens (tertiary/aromatic N) is 1. The van der Waals surface area contributed by atoms with E-state index in [4.69, 9.17) is 5.11 Å². The lowest BCUT2D eigenvalue weighted by Gasteiger charge is -2.11. The number of rotatable bonds is 3. The van der Waals surface area contributed by atoms with Crippen molar-refractivity contribution in [1.29, 1.82) is 0 Å². The first-order chi connectivity index (χ1) is 8.99. The number of aryl methyl sites for hydroxylation is 2. The lowest BCUT2D eigenvalue weighted by Crippen LogP contribution is -2.23. The van der Waals surface area contributed by atoms with Crippen LogP contribution in [0.25, 0.3) is 5.69 Å². The van der Waals surface area contributed by atoms with Crippen LogP contribution in [0.4, 0.5) is 0 Å². The van der Waals surface area contributed by atoms with Crippen LogP contribution in [0.5, 0.6) is 0 Å². The molecule has 2 aromatic rings. The topological polar surface area (TPSA) is 59.3 Å². The molecule has 0 bridgehead atoms. The second-order valence-electron chi connectivity index (χ2n) is 4.57. The number of aromatic nitrogens is 1. The number of pyridine rings is 1. The molecule has 0 spiro atoms.